The van der Waals surface area contributed by atoms with Gasteiger partial charge in [0.1, 0.15) is 17.8 Å². The Balaban J connectivity index is 1.39. The second-order valence-electron chi connectivity index (χ2n) is 7.95. The van der Waals surface area contributed by atoms with E-state index < -0.39 is 5.63 Å². The van der Waals surface area contributed by atoms with Crippen molar-refractivity contribution in [1.29, 1.82) is 0 Å². The molecule has 29 heavy (non-hydrogen) atoms. The molecule has 2 aliphatic heterocycles. The van der Waals surface area contributed by atoms with Gasteiger partial charge in [0.15, 0.2) is 0 Å². The van der Waals surface area contributed by atoms with Gasteiger partial charge in [0, 0.05) is 50.5 Å². The maximum atomic E-state index is 13.1. The van der Waals surface area contributed by atoms with E-state index in [-0.39, 0.29) is 11.6 Å². The molecular weight excluding hydrogens is 373 g/mol. The predicted octanol–water partition coefficient (Wildman–Crippen LogP) is 2.79. The van der Waals surface area contributed by atoms with Crippen LogP contribution in [0.3, 0.4) is 0 Å². The fourth-order valence-corrected chi connectivity index (χ4v) is 4.19. The van der Waals surface area contributed by atoms with Gasteiger partial charge in [-0.05, 0) is 50.2 Å². The highest BCUT2D eigenvalue weighted by atomic mass is 19.1. The maximum absolute atomic E-state index is 13.1. The molecule has 0 spiro atoms. The molecule has 1 aromatic carbocycles. The van der Waals surface area contributed by atoms with Gasteiger partial charge in [-0.25, -0.2) is 9.18 Å². The molecule has 3 heterocycles. The Kier molecular flexibility index (Phi) is 6.16. The molecule has 0 unspecified atom stereocenters. The zero-order valence-corrected chi connectivity index (χ0v) is 16.6. The summed E-state index contributed by atoms with van der Waals surface area (Å²) >= 11 is 0. The molecule has 2 fully saturated rings. The summed E-state index contributed by atoms with van der Waals surface area (Å²) in [5.74, 6) is -0.160. The van der Waals surface area contributed by atoms with Gasteiger partial charge >= 0.3 is 5.63 Å². The topological polar surface area (TPSA) is 60.2 Å². The van der Waals surface area contributed by atoms with Crippen LogP contribution in [0.4, 0.5) is 10.1 Å². The van der Waals surface area contributed by atoms with Gasteiger partial charge in [-0.3, -0.25) is 9.80 Å². The lowest BCUT2D eigenvalue weighted by Gasteiger charge is -2.36. The molecule has 0 radical (unpaired) electrons. The van der Waals surface area contributed by atoms with Gasteiger partial charge in [-0.15, -0.1) is 0 Å². The smallest absolute Gasteiger partial charge is 0.343 e. The Hall–Kier alpha value is -2.38. The Labute approximate surface area is 170 Å². The maximum Gasteiger partial charge on any atom is 0.343 e. The van der Waals surface area contributed by atoms with Gasteiger partial charge in [0.05, 0.1) is 5.56 Å². The third-order valence-electron chi connectivity index (χ3n) is 5.93. The fraction of sp³-hybridized carbons (Fsp3) is 0.500. The van der Waals surface area contributed by atoms with Crippen molar-refractivity contribution < 1.29 is 13.9 Å². The van der Waals surface area contributed by atoms with Crippen LogP contribution >= 0.6 is 0 Å². The summed E-state index contributed by atoms with van der Waals surface area (Å²) in [4.78, 5) is 18.9. The minimum atomic E-state index is -0.467. The predicted molar refractivity (Wildman–Crippen MR) is 110 cm³/mol. The fourth-order valence-electron chi connectivity index (χ4n) is 4.19. The van der Waals surface area contributed by atoms with E-state index in [0.717, 1.165) is 45.0 Å². The summed E-state index contributed by atoms with van der Waals surface area (Å²) in [5, 5.41) is 10.7. The van der Waals surface area contributed by atoms with E-state index in [9.17, 15) is 14.3 Å². The van der Waals surface area contributed by atoms with Gasteiger partial charge < -0.3 is 14.4 Å². The Morgan fingerprint density at radius 2 is 1.55 bits per heavy atom. The molecule has 1 aromatic heterocycles. The number of hydrogen-bond acceptors (Lipinski definition) is 6. The molecule has 6 nitrogen and oxygen atoms in total. The average Bonchev–Trinajstić information content (AvgIpc) is 2.75. The molecule has 0 amide bonds. The van der Waals surface area contributed by atoms with E-state index in [1.54, 1.807) is 12.1 Å². The number of likely N-dealkylation sites (tertiary alicyclic amines) is 1. The van der Waals surface area contributed by atoms with Crippen LogP contribution in [0.2, 0.25) is 0 Å². The second-order valence-corrected chi connectivity index (χ2v) is 7.95. The third kappa shape index (κ3) is 4.79. The van der Waals surface area contributed by atoms with Crippen molar-refractivity contribution in [3.63, 3.8) is 0 Å². The van der Waals surface area contributed by atoms with E-state index in [1.807, 2.05) is 0 Å². The first-order valence-corrected chi connectivity index (χ1v) is 10.4. The largest absolute Gasteiger partial charge is 0.507 e. The SMILES string of the molecule is O=c1occ(CN2CCCCC2)c(O)c1CN1CCN(c2ccc(F)cc2)CC1. The molecule has 2 aliphatic rings. The highest BCUT2D eigenvalue weighted by Crippen LogP contribution is 2.25. The molecule has 0 saturated carbocycles. The molecule has 4 rings (SSSR count). The minimum absolute atomic E-state index is 0.0767. The van der Waals surface area contributed by atoms with E-state index in [4.69, 9.17) is 4.42 Å². The van der Waals surface area contributed by atoms with Crippen molar-refractivity contribution in [1.82, 2.24) is 9.80 Å². The molecule has 2 aromatic rings. The monoisotopic (exact) mass is 401 g/mol. The van der Waals surface area contributed by atoms with Crippen LogP contribution < -0.4 is 10.5 Å². The number of piperidine rings is 1. The van der Waals surface area contributed by atoms with Gasteiger partial charge in [0.2, 0.25) is 0 Å². The van der Waals surface area contributed by atoms with Crippen LogP contribution in [-0.4, -0.2) is 54.2 Å². The lowest BCUT2D eigenvalue weighted by molar-refractivity contribution is 0.213. The molecule has 156 valence electrons. The number of nitrogens with zero attached hydrogens (tertiary/aromatic N) is 3. The number of rotatable bonds is 5. The van der Waals surface area contributed by atoms with Crippen molar-refractivity contribution in [2.75, 3.05) is 44.2 Å². The van der Waals surface area contributed by atoms with Crippen molar-refractivity contribution in [3.8, 4) is 5.75 Å². The van der Waals surface area contributed by atoms with Crippen LogP contribution in [0.25, 0.3) is 0 Å². The Morgan fingerprint density at radius 3 is 2.24 bits per heavy atom. The summed E-state index contributed by atoms with van der Waals surface area (Å²) in [5.41, 5.74) is 1.56. The molecule has 0 bridgehead atoms. The zero-order chi connectivity index (χ0) is 20.2. The number of anilines is 1. The van der Waals surface area contributed by atoms with Gasteiger partial charge in [0.25, 0.3) is 0 Å². The highest BCUT2D eigenvalue weighted by molar-refractivity contribution is 5.46. The van der Waals surface area contributed by atoms with Crippen molar-refractivity contribution in [3.05, 3.63) is 57.9 Å². The van der Waals surface area contributed by atoms with Crippen LogP contribution in [0.15, 0.2) is 39.7 Å². The number of benzene rings is 1. The van der Waals surface area contributed by atoms with Crippen LogP contribution in [0.5, 0.6) is 5.75 Å². The van der Waals surface area contributed by atoms with Gasteiger partial charge in [-0.1, -0.05) is 6.42 Å². The highest BCUT2D eigenvalue weighted by Gasteiger charge is 2.22. The molecule has 2 saturated heterocycles. The first kappa shape index (κ1) is 19.9. The minimum Gasteiger partial charge on any atom is -0.507 e. The van der Waals surface area contributed by atoms with Crippen LogP contribution in [0.1, 0.15) is 30.4 Å². The van der Waals surface area contributed by atoms with Crippen molar-refractivity contribution in [2.24, 2.45) is 0 Å². The lowest BCUT2D eigenvalue weighted by Crippen LogP contribution is -2.46. The molecule has 0 aliphatic carbocycles. The molecule has 7 heteroatoms. The molecular formula is C22H28FN3O3. The standard InChI is InChI=1S/C22H28FN3O3/c23-18-4-6-19(7-5-18)26-12-10-25(11-13-26)15-20-21(27)17(16-29-22(20)28)14-24-8-2-1-3-9-24/h4-7,16,27H,1-3,8-15H2. The first-order valence-electron chi connectivity index (χ1n) is 10.4. The van der Waals surface area contributed by atoms with E-state index >= 15 is 0 Å². The van der Waals surface area contributed by atoms with Crippen LogP contribution in [-0.2, 0) is 13.1 Å². The molecule has 1 N–H and O–H groups in total. The van der Waals surface area contributed by atoms with E-state index in [0.29, 0.717) is 24.2 Å². The quantitative estimate of drug-likeness (QED) is 0.832. The Morgan fingerprint density at radius 1 is 0.897 bits per heavy atom. The van der Waals surface area contributed by atoms with Crippen molar-refractivity contribution >= 4 is 5.69 Å². The lowest BCUT2D eigenvalue weighted by atomic mass is 10.1. The summed E-state index contributed by atoms with van der Waals surface area (Å²) in [7, 11) is 0. The third-order valence-corrected chi connectivity index (χ3v) is 5.93. The first-order chi connectivity index (χ1) is 14.1. The number of halogens is 1. The number of hydrogen-bond donors (Lipinski definition) is 1. The summed E-state index contributed by atoms with van der Waals surface area (Å²) in [6, 6.07) is 6.52. The average molecular weight is 401 g/mol. The van der Waals surface area contributed by atoms with Crippen LogP contribution in [0, 0.1) is 5.82 Å². The second kappa shape index (κ2) is 8.97. The zero-order valence-electron chi connectivity index (χ0n) is 16.6. The molecule has 0 atom stereocenters. The summed E-state index contributed by atoms with van der Waals surface area (Å²) < 4.78 is 18.4. The van der Waals surface area contributed by atoms with Crippen molar-refractivity contribution in [2.45, 2.75) is 32.4 Å². The number of piperazine rings is 1. The summed E-state index contributed by atoms with van der Waals surface area (Å²) in [6.07, 6.45) is 5.00. The summed E-state index contributed by atoms with van der Waals surface area (Å²) in [6.45, 7) is 6.09. The van der Waals surface area contributed by atoms with Gasteiger partial charge in [-0.2, -0.15) is 0 Å². The normalized spacial score (nSPS) is 18.9. The van der Waals surface area contributed by atoms with E-state index in [2.05, 4.69) is 14.7 Å². The van der Waals surface area contributed by atoms with E-state index in [1.165, 1.54) is 37.7 Å². The Bertz CT molecular complexity index is 870. The number of aromatic hydroxyl groups is 1.